The molecule has 0 amide bonds. The van der Waals surface area contributed by atoms with Crippen molar-refractivity contribution in [3.05, 3.63) is 40.4 Å². The van der Waals surface area contributed by atoms with Gasteiger partial charge in [0.05, 0.1) is 5.37 Å². The highest BCUT2D eigenvalue weighted by Crippen LogP contribution is 2.48. The Kier molecular flexibility index (Phi) is 3.62. The van der Waals surface area contributed by atoms with Crippen molar-refractivity contribution in [1.82, 2.24) is 0 Å². The zero-order chi connectivity index (χ0) is 13.4. The van der Waals surface area contributed by atoms with E-state index in [1.54, 1.807) is 0 Å². The molecular formula is C17H23NS. The summed E-state index contributed by atoms with van der Waals surface area (Å²) in [6.07, 6.45) is 5.64. The summed E-state index contributed by atoms with van der Waals surface area (Å²) in [5.41, 5.74) is 4.25. The van der Waals surface area contributed by atoms with E-state index in [-0.39, 0.29) is 0 Å². The zero-order valence-electron chi connectivity index (χ0n) is 12.1. The summed E-state index contributed by atoms with van der Waals surface area (Å²) in [6.45, 7) is 6.79. The highest BCUT2D eigenvalue weighted by Gasteiger charge is 2.36. The van der Waals surface area contributed by atoms with Crippen molar-refractivity contribution in [2.45, 2.75) is 51.8 Å². The molecule has 1 saturated carbocycles. The molecule has 2 heteroatoms. The van der Waals surface area contributed by atoms with Gasteiger partial charge in [-0.3, -0.25) is 0 Å². The van der Waals surface area contributed by atoms with Gasteiger partial charge in [-0.15, -0.1) is 11.8 Å². The van der Waals surface area contributed by atoms with E-state index in [0.29, 0.717) is 5.37 Å². The van der Waals surface area contributed by atoms with E-state index in [4.69, 9.17) is 0 Å². The fourth-order valence-corrected chi connectivity index (χ4v) is 4.85. The molecule has 19 heavy (non-hydrogen) atoms. The Bertz CT molecular complexity index is 500. The third-order valence-corrected chi connectivity index (χ3v) is 6.09. The fraction of sp³-hybridized carbons (Fsp3) is 0.529. The van der Waals surface area contributed by atoms with Gasteiger partial charge in [-0.25, -0.2) is 0 Å². The Morgan fingerprint density at radius 2 is 1.74 bits per heavy atom. The first-order valence-corrected chi connectivity index (χ1v) is 8.25. The van der Waals surface area contributed by atoms with Gasteiger partial charge in [0, 0.05) is 16.3 Å². The second-order valence-corrected chi connectivity index (χ2v) is 7.18. The lowest BCUT2D eigenvalue weighted by molar-refractivity contribution is 0.521. The van der Waals surface area contributed by atoms with Crippen LogP contribution < -0.4 is 4.90 Å². The number of allylic oxidation sites excluding steroid dienone is 2. The number of para-hydroxylation sites is 1. The van der Waals surface area contributed by atoms with E-state index in [0.717, 1.165) is 5.92 Å². The zero-order valence-corrected chi connectivity index (χ0v) is 13.0. The van der Waals surface area contributed by atoms with Crippen molar-refractivity contribution < 1.29 is 0 Å². The van der Waals surface area contributed by atoms with Gasteiger partial charge >= 0.3 is 0 Å². The summed E-state index contributed by atoms with van der Waals surface area (Å²) >= 11 is 2.09. The van der Waals surface area contributed by atoms with Crippen molar-refractivity contribution in [2.75, 3.05) is 4.90 Å². The minimum atomic E-state index is 0.628. The third kappa shape index (κ3) is 2.31. The van der Waals surface area contributed by atoms with E-state index < -0.39 is 0 Å². The molecule has 0 N–H and O–H groups in total. The molecule has 102 valence electrons. The number of benzene rings is 1. The summed E-state index contributed by atoms with van der Waals surface area (Å²) in [5.74, 6) is 0.858. The molecule has 1 atom stereocenters. The van der Waals surface area contributed by atoms with Gasteiger partial charge in [-0.2, -0.15) is 0 Å². The molecule has 1 aromatic carbocycles. The molecule has 0 radical (unpaired) electrons. The van der Waals surface area contributed by atoms with Gasteiger partial charge in [0.25, 0.3) is 0 Å². The molecule has 1 nitrogen and oxygen atoms in total. The number of nitrogens with zero attached hydrogens (tertiary/aromatic N) is 1. The second-order valence-electron chi connectivity index (χ2n) is 5.85. The maximum atomic E-state index is 2.60. The van der Waals surface area contributed by atoms with Crippen LogP contribution in [0.2, 0.25) is 0 Å². The van der Waals surface area contributed by atoms with Crippen molar-refractivity contribution in [3.63, 3.8) is 0 Å². The maximum absolute atomic E-state index is 2.60. The van der Waals surface area contributed by atoms with Crippen LogP contribution in [0.3, 0.4) is 0 Å². The summed E-state index contributed by atoms with van der Waals surface area (Å²) in [6, 6.07) is 8.81. The summed E-state index contributed by atoms with van der Waals surface area (Å²) < 4.78 is 0. The molecule has 1 fully saturated rings. The van der Waals surface area contributed by atoms with Crippen molar-refractivity contribution in [1.29, 1.82) is 0 Å². The van der Waals surface area contributed by atoms with Gasteiger partial charge in [-0.1, -0.05) is 31.0 Å². The number of hydrogen-bond donors (Lipinski definition) is 0. The minimum absolute atomic E-state index is 0.628. The Morgan fingerprint density at radius 3 is 2.42 bits per heavy atom. The summed E-state index contributed by atoms with van der Waals surface area (Å²) in [4.78, 5) is 4.10. The van der Waals surface area contributed by atoms with Gasteiger partial charge in [0.15, 0.2) is 0 Å². The highest BCUT2D eigenvalue weighted by atomic mass is 32.2. The smallest absolute Gasteiger partial charge is 0.0868 e. The molecule has 1 aliphatic heterocycles. The molecule has 3 rings (SSSR count). The lowest BCUT2D eigenvalue weighted by atomic mass is 10.1. The molecule has 0 saturated heterocycles. The van der Waals surface area contributed by atoms with Crippen LogP contribution in [0.1, 0.15) is 45.1 Å². The van der Waals surface area contributed by atoms with Crippen molar-refractivity contribution >= 4 is 17.4 Å². The standard InChI is InChI=1S/C17H23NS/c1-12-8-4-7-11-16(12)18-13(2)14(3)19-17(18)15-9-5-6-10-15/h4,7-8,11,15,17H,5-6,9-10H2,1-3H3. The molecule has 1 aromatic rings. The first-order valence-electron chi connectivity index (χ1n) is 7.37. The lowest BCUT2D eigenvalue weighted by Crippen LogP contribution is -2.33. The molecule has 2 aliphatic rings. The Labute approximate surface area is 121 Å². The van der Waals surface area contributed by atoms with Crippen LogP contribution in [0.4, 0.5) is 5.69 Å². The van der Waals surface area contributed by atoms with Gasteiger partial charge in [0.2, 0.25) is 0 Å². The normalized spacial score (nSPS) is 24.6. The van der Waals surface area contributed by atoms with E-state index in [2.05, 4.69) is 61.7 Å². The van der Waals surface area contributed by atoms with Crippen LogP contribution in [0.15, 0.2) is 34.9 Å². The average Bonchev–Trinajstić information content (AvgIpc) is 3.01. The van der Waals surface area contributed by atoms with E-state index in [1.165, 1.54) is 47.5 Å². The van der Waals surface area contributed by atoms with Crippen molar-refractivity contribution in [2.24, 2.45) is 5.92 Å². The van der Waals surface area contributed by atoms with Crippen molar-refractivity contribution in [3.8, 4) is 0 Å². The molecule has 0 spiro atoms. The van der Waals surface area contributed by atoms with Gasteiger partial charge in [-0.05, 0) is 51.2 Å². The fourth-order valence-electron chi connectivity index (χ4n) is 3.38. The van der Waals surface area contributed by atoms with E-state index in [1.807, 2.05) is 0 Å². The molecule has 0 aromatic heterocycles. The first kappa shape index (κ1) is 13.1. The molecule has 1 heterocycles. The third-order valence-electron chi connectivity index (χ3n) is 4.60. The van der Waals surface area contributed by atoms with Crippen LogP contribution in [-0.4, -0.2) is 5.37 Å². The molecule has 1 aliphatic carbocycles. The Balaban J connectivity index is 1.97. The maximum Gasteiger partial charge on any atom is 0.0868 e. The summed E-state index contributed by atoms with van der Waals surface area (Å²) in [7, 11) is 0. The number of aryl methyl sites for hydroxylation is 1. The number of thioether (sulfide) groups is 1. The van der Waals surface area contributed by atoms with Crippen LogP contribution in [0, 0.1) is 12.8 Å². The van der Waals surface area contributed by atoms with Crippen LogP contribution in [0.5, 0.6) is 0 Å². The molecule has 1 unspecified atom stereocenters. The van der Waals surface area contributed by atoms with E-state index >= 15 is 0 Å². The van der Waals surface area contributed by atoms with Crippen LogP contribution >= 0.6 is 11.8 Å². The first-order chi connectivity index (χ1) is 9.18. The SMILES string of the molecule is CC1=C(C)N(c2ccccc2C)C(C2CCCC2)S1. The average molecular weight is 273 g/mol. The number of rotatable bonds is 2. The topological polar surface area (TPSA) is 3.24 Å². The second kappa shape index (κ2) is 5.24. The van der Waals surface area contributed by atoms with E-state index in [9.17, 15) is 0 Å². The van der Waals surface area contributed by atoms with Gasteiger partial charge in [0.1, 0.15) is 0 Å². The molecular weight excluding hydrogens is 250 g/mol. The predicted molar refractivity (Wildman–Crippen MR) is 85.4 cm³/mol. The van der Waals surface area contributed by atoms with Crippen LogP contribution in [0.25, 0.3) is 0 Å². The lowest BCUT2D eigenvalue weighted by Gasteiger charge is -2.33. The minimum Gasteiger partial charge on any atom is -0.331 e. The monoisotopic (exact) mass is 273 g/mol. The Morgan fingerprint density at radius 1 is 1.05 bits per heavy atom. The Hall–Kier alpha value is -0.890. The number of anilines is 1. The predicted octanol–water partition coefficient (Wildman–Crippen LogP) is 5.32. The summed E-state index contributed by atoms with van der Waals surface area (Å²) in [5, 5.41) is 0.628. The number of hydrogen-bond acceptors (Lipinski definition) is 2. The van der Waals surface area contributed by atoms with Gasteiger partial charge < -0.3 is 4.90 Å². The highest BCUT2D eigenvalue weighted by molar-refractivity contribution is 8.04. The molecule has 0 bridgehead atoms. The van der Waals surface area contributed by atoms with Crippen LogP contribution in [-0.2, 0) is 0 Å². The largest absolute Gasteiger partial charge is 0.331 e. The quantitative estimate of drug-likeness (QED) is 0.718.